The Hall–Kier alpha value is -0.540. The lowest BCUT2D eigenvalue weighted by atomic mass is 10.3. The van der Waals surface area contributed by atoms with Gasteiger partial charge in [0.25, 0.3) is 0 Å². The summed E-state index contributed by atoms with van der Waals surface area (Å²) in [5.74, 6) is 1.01. The zero-order chi connectivity index (χ0) is 8.39. The first-order valence-electron chi connectivity index (χ1n) is 3.75. The number of hydrogen-bond acceptors (Lipinski definition) is 2. The zero-order valence-corrected chi connectivity index (χ0v) is 8.26. The van der Waals surface area contributed by atoms with Crippen LogP contribution in [0.1, 0.15) is 0 Å². The van der Waals surface area contributed by atoms with E-state index in [9.17, 15) is 0 Å². The summed E-state index contributed by atoms with van der Waals surface area (Å²) in [6, 6.07) is 10.4. The fraction of sp³-hybridized carbons (Fsp3) is 0.111. The Kier molecular flexibility index (Phi) is 2.33. The first kappa shape index (κ1) is 8.08. The van der Waals surface area contributed by atoms with Crippen molar-refractivity contribution in [2.75, 3.05) is 10.8 Å². The van der Waals surface area contributed by atoms with Crippen molar-refractivity contribution in [2.45, 2.75) is 0 Å². The van der Waals surface area contributed by atoms with Gasteiger partial charge in [-0.05, 0) is 12.1 Å². The van der Waals surface area contributed by atoms with Crippen molar-refractivity contribution >= 4 is 27.3 Å². The second-order valence-corrected chi connectivity index (χ2v) is 5.36. The maximum absolute atomic E-state index is 4.40. The van der Waals surface area contributed by atoms with Gasteiger partial charge in [-0.1, -0.05) is 18.2 Å². The minimum absolute atomic E-state index is 0.136. The molecule has 1 aliphatic rings. The van der Waals surface area contributed by atoms with Crippen LogP contribution in [0.25, 0.3) is 0 Å². The average Bonchev–Trinajstić information content (AvgIpc) is 2.54. The minimum atomic E-state index is 0.136. The van der Waals surface area contributed by atoms with Gasteiger partial charge < -0.3 is 0 Å². The molecule has 0 aromatic heterocycles. The predicted octanol–water partition coefficient (Wildman–Crippen LogP) is 2.40. The van der Waals surface area contributed by atoms with Gasteiger partial charge in [0, 0.05) is 5.69 Å². The van der Waals surface area contributed by atoms with Crippen molar-refractivity contribution in [3.8, 4) is 0 Å². The van der Waals surface area contributed by atoms with Gasteiger partial charge in [0.1, 0.15) is 15.3 Å². The second kappa shape index (κ2) is 3.46. The molecule has 1 aromatic carbocycles. The van der Waals surface area contributed by atoms with Gasteiger partial charge in [-0.2, -0.15) is 0 Å². The van der Waals surface area contributed by atoms with Crippen LogP contribution < -0.4 is 4.90 Å². The molecule has 1 unspecified atom stereocenters. The van der Waals surface area contributed by atoms with Gasteiger partial charge >= 0.3 is 0 Å². The fourth-order valence-electron chi connectivity index (χ4n) is 1.15. The molecule has 0 fully saturated rings. The standard InChI is InChI=1S/C9H10NS2/c11-12-7-6-10(8-12)9-4-2-1-3-5-9/h1-7,11H,8H2/q+1. The summed E-state index contributed by atoms with van der Waals surface area (Å²) in [5.41, 5.74) is 1.25. The number of benzene rings is 1. The van der Waals surface area contributed by atoms with Gasteiger partial charge in [-0.25, -0.2) is 0 Å². The first-order chi connectivity index (χ1) is 5.86. The monoisotopic (exact) mass is 196 g/mol. The first-order valence-corrected chi connectivity index (χ1v) is 6.26. The summed E-state index contributed by atoms with van der Waals surface area (Å²) in [4.78, 5) is 2.22. The molecule has 0 aliphatic carbocycles. The number of thiol groups is 1. The molecule has 62 valence electrons. The van der Waals surface area contributed by atoms with Crippen LogP contribution in [0.15, 0.2) is 41.9 Å². The molecule has 0 radical (unpaired) electrons. The molecule has 0 N–H and O–H groups in total. The van der Waals surface area contributed by atoms with Crippen molar-refractivity contribution in [3.05, 3.63) is 41.9 Å². The highest BCUT2D eigenvalue weighted by atomic mass is 33.1. The lowest BCUT2D eigenvalue weighted by Crippen LogP contribution is -2.14. The molecule has 12 heavy (non-hydrogen) atoms. The highest BCUT2D eigenvalue weighted by molar-refractivity contribution is 8.67. The second-order valence-electron chi connectivity index (χ2n) is 2.62. The third-order valence-corrected chi connectivity index (χ3v) is 3.45. The predicted molar refractivity (Wildman–Crippen MR) is 59.3 cm³/mol. The summed E-state index contributed by atoms with van der Waals surface area (Å²) in [6.45, 7) is 0. The topological polar surface area (TPSA) is 3.24 Å². The summed E-state index contributed by atoms with van der Waals surface area (Å²) < 4.78 is 0. The Balaban J connectivity index is 2.18. The van der Waals surface area contributed by atoms with Gasteiger partial charge in [0.2, 0.25) is 5.88 Å². The summed E-state index contributed by atoms with van der Waals surface area (Å²) in [5, 5.41) is 2.14. The van der Waals surface area contributed by atoms with Crippen LogP contribution in [0.4, 0.5) is 5.69 Å². The summed E-state index contributed by atoms with van der Waals surface area (Å²) >= 11 is 4.40. The Labute approximate surface area is 80.2 Å². The number of anilines is 1. The van der Waals surface area contributed by atoms with Gasteiger partial charge in [-0.15, -0.1) is 0 Å². The van der Waals surface area contributed by atoms with E-state index in [1.54, 1.807) is 0 Å². The van der Waals surface area contributed by atoms with Gasteiger partial charge in [0.05, 0.1) is 17.9 Å². The largest absolute Gasteiger partial charge is 0.300 e. The van der Waals surface area contributed by atoms with E-state index in [0.717, 1.165) is 5.88 Å². The lowest BCUT2D eigenvalue weighted by Gasteiger charge is -2.10. The van der Waals surface area contributed by atoms with Crippen LogP contribution in [0.2, 0.25) is 0 Å². The van der Waals surface area contributed by atoms with Crippen LogP contribution in [0, 0.1) is 0 Å². The number of para-hydroxylation sites is 1. The molecule has 1 aliphatic heterocycles. The molecular weight excluding hydrogens is 186 g/mol. The fourth-order valence-corrected chi connectivity index (χ4v) is 2.58. The van der Waals surface area contributed by atoms with E-state index in [-0.39, 0.29) is 9.93 Å². The third-order valence-electron chi connectivity index (χ3n) is 1.76. The van der Waals surface area contributed by atoms with Crippen molar-refractivity contribution in [1.29, 1.82) is 0 Å². The molecule has 3 heteroatoms. The Morgan fingerprint density at radius 3 is 2.58 bits per heavy atom. The van der Waals surface area contributed by atoms with Crippen LogP contribution in [0.5, 0.6) is 0 Å². The maximum atomic E-state index is 4.40. The van der Waals surface area contributed by atoms with Crippen LogP contribution in [-0.2, 0) is 9.93 Å². The van der Waals surface area contributed by atoms with Gasteiger partial charge in [-0.3, -0.25) is 4.90 Å². The Morgan fingerprint density at radius 2 is 2.00 bits per heavy atom. The van der Waals surface area contributed by atoms with E-state index >= 15 is 0 Å². The SMILES string of the molecule is S[S+]1C=CN(c2ccccc2)C1. The maximum Gasteiger partial charge on any atom is 0.201 e. The zero-order valence-electron chi connectivity index (χ0n) is 6.55. The van der Waals surface area contributed by atoms with Crippen molar-refractivity contribution in [1.82, 2.24) is 0 Å². The molecule has 0 amide bonds. The summed E-state index contributed by atoms with van der Waals surface area (Å²) in [6.07, 6.45) is 2.10. The quantitative estimate of drug-likeness (QED) is 0.410. The number of rotatable bonds is 1. The molecule has 0 saturated carbocycles. The number of hydrogen-bond donors (Lipinski definition) is 1. The molecule has 0 bridgehead atoms. The molecular formula is C9H10NS2+. The smallest absolute Gasteiger partial charge is 0.201 e. The highest BCUT2D eigenvalue weighted by Gasteiger charge is 2.21. The normalized spacial score (nSPS) is 21.8. The van der Waals surface area contributed by atoms with Crippen molar-refractivity contribution < 1.29 is 0 Å². The lowest BCUT2D eigenvalue weighted by molar-refractivity contribution is 1.19. The van der Waals surface area contributed by atoms with E-state index in [4.69, 9.17) is 0 Å². The average molecular weight is 196 g/mol. The summed E-state index contributed by atoms with van der Waals surface area (Å²) in [7, 11) is 0.136. The van der Waals surface area contributed by atoms with E-state index < -0.39 is 0 Å². The Morgan fingerprint density at radius 1 is 1.25 bits per heavy atom. The minimum Gasteiger partial charge on any atom is -0.300 e. The molecule has 1 nitrogen and oxygen atoms in total. The third kappa shape index (κ3) is 1.62. The van der Waals surface area contributed by atoms with Crippen LogP contribution in [-0.4, -0.2) is 5.88 Å². The van der Waals surface area contributed by atoms with Crippen molar-refractivity contribution in [2.24, 2.45) is 0 Å². The molecule has 0 spiro atoms. The molecule has 1 aromatic rings. The molecule has 0 saturated heterocycles. The van der Waals surface area contributed by atoms with Crippen LogP contribution >= 0.6 is 11.7 Å². The van der Waals surface area contributed by atoms with E-state index in [1.807, 2.05) is 6.07 Å². The Bertz CT molecular complexity index is 284. The van der Waals surface area contributed by atoms with Crippen molar-refractivity contribution in [3.63, 3.8) is 0 Å². The molecule has 1 atom stereocenters. The number of nitrogens with zero attached hydrogens (tertiary/aromatic N) is 1. The van der Waals surface area contributed by atoms with E-state index in [1.165, 1.54) is 5.69 Å². The highest BCUT2D eigenvalue weighted by Crippen LogP contribution is 2.22. The van der Waals surface area contributed by atoms with Crippen LogP contribution in [0.3, 0.4) is 0 Å². The van der Waals surface area contributed by atoms with Gasteiger partial charge in [0.15, 0.2) is 0 Å². The molecule has 2 rings (SSSR count). The molecule has 1 heterocycles. The van der Waals surface area contributed by atoms with E-state index in [0.29, 0.717) is 0 Å². The van der Waals surface area contributed by atoms with E-state index in [2.05, 4.69) is 52.4 Å².